The van der Waals surface area contributed by atoms with Crippen LogP contribution in [0.3, 0.4) is 0 Å². The molecule has 27 heavy (non-hydrogen) atoms. The van der Waals surface area contributed by atoms with E-state index in [0.717, 1.165) is 0 Å². The average molecular weight is 419 g/mol. The number of nitrogens with one attached hydrogen (secondary N) is 1. The molecule has 0 radical (unpaired) electrons. The summed E-state index contributed by atoms with van der Waals surface area (Å²) in [4.78, 5) is 22.1. The molecule has 1 aromatic carbocycles. The third-order valence-electron chi connectivity index (χ3n) is 3.82. The fraction of sp³-hybridized carbons (Fsp3) is 0.0556. The first-order valence-electron chi connectivity index (χ1n) is 7.84. The lowest BCUT2D eigenvalue weighted by Gasteiger charge is -2.06. The molecule has 0 aliphatic rings. The van der Waals surface area contributed by atoms with Gasteiger partial charge in [-0.05, 0) is 36.4 Å². The van der Waals surface area contributed by atoms with E-state index in [0.29, 0.717) is 48.7 Å². The maximum Gasteiger partial charge on any atom is 0.261 e. The van der Waals surface area contributed by atoms with Crippen molar-refractivity contribution in [1.82, 2.24) is 15.3 Å². The van der Waals surface area contributed by atoms with Crippen molar-refractivity contribution in [3.8, 4) is 11.3 Å². The first kappa shape index (κ1) is 17.8. The van der Waals surface area contributed by atoms with Crippen molar-refractivity contribution < 1.29 is 9.21 Å². The van der Waals surface area contributed by atoms with Crippen LogP contribution in [-0.4, -0.2) is 15.9 Å². The number of aromatic nitrogens is 2. The summed E-state index contributed by atoms with van der Waals surface area (Å²) in [6.45, 7) is 0.295. The van der Waals surface area contributed by atoms with Crippen LogP contribution in [0.1, 0.15) is 15.4 Å². The van der Waals surface area contributed by atoms with Crippen LogP contribution in [0.4, 0.5) is 5.95 Å². The van der Waals surface area contributed by atoms with E-state index in [2.05, 4.69) is 15.3 Å². The van der Waals surface area contributed by atoms with Gasteiger partial charge in [-0.3, -0.25) is 4.79 Å². The van der Waals surface area contributed by atoms with Crippen LogP contribution in [0.25, 0.3) is 21.5 Å². The Hall–Kier alpha value is -2.61. The minimum absolute atomic E-state index is 0.105. The number of rotatable bonds is 4. The van der Waals surface area contributed by atoms with E-state index in [1.165, 1.54) is 11.3 Å². The number of amides is 1. The summed E-state index contributed by atoms with van der Waals surface area (Å²) in [5, 5.41) is 4.47. The van der Waals surface area contributed by atoms with Crippen LogP contribution in [0.2, 0.25) is 10.0 Å². The normalized spacial score (nSPS) is 11.0. The van der Waals surface area contributed by atoms with E-state index in [-0.39, 0.29) is 11.9 Å². The summed E-state index contributed by atoms with van der Waals surface area (Å²) in [6, 6.07) is 10.4. The highest BCUT2D eigenvalue weighted by molar-refractivity contribution is 7.20. The quantitative estimate of drug-likeness (QED) is 0.497. The lowest BCUT2D eigenvalue weighted by atomic mass is 10.1. The molecule has 0 saturated heterocycles. The highest BCUT2D eigenvalue weighted by atomic mass is 35.5. The number of hydrogen-bond acceptors (Lipinski definition) is 6. The molecule has 0 aliphatic heterocycles. The number of halogens is 2. The van der Waals surface area contributed by atoms with Crippen molar-refractivity contribution in [3.05, 3.63) is 63.3 Å². The van der Waals surface area contributed by atoms with E-state index < -0.39 is 0 Å². The van der Waals surface area contributed by atoms with Gasteiger partial charge in [0.15, 0.2) is 0 Å². The Labute approximate surface area is 167 Å². The fourth-order valence-corrected chi connectivity index (χ4v) is 4.06. The van der Waals surface area contributed by atoms with Gasteiger partial charge in [-0.2, -0.15) is 0 Å². The molecule has 0 aliphatic carbocycles. The highest BCUT2D eigenvalue weighted by Crippen LogP contribution is 2.36. The molecule has 3 heterocycles. The SMILES string of the molecule is Nc1nc(-c2ccc(Cl)cc2Cl)c2cc(C(=O)NCc3ccco3)sc2n1. The number of carbonyl (C=O) groups excluding carboxylic acids is 1. The number of nitrogen functional groups attached to an aromatic ring is 1. The second kappa shape index (κ2) is 7.19. The molecule has 0 atom stereocenters. The monoisotopic (exact) mass is 418 g/mol. The Balaban J connectivity index is 1.72. The second-order valence-electron chi connectivity index (χ2n) is 5.65. The summed E-state index contributed by atoms with van der Waals surface area (Å²) in [5.74, 6) is 0.538. The molecule has 0 spiro atoms. The highest BCUT2D eigenvalue weighted by Gasteiger charge is 2.18. The van der Waals surface area contributed by atoms with Crippen molar-refractivity contribution in [2.75, 3.05) is 5.73 Å². The topological polar surface area (TPSA) is 94.0 Å². The zero-order valence-electron chi connectivity index (χ0n) is 13.7. The zero-order chi connectivity index (χ0) is 19.0. The Kier molecular flexibility index (Phi) is 4.73. The third-order valence-corrected chi connectivity index (χ3v) is 5.40. The smallest absolute Gasteiger partial charge is 0.261 e. The Morgan fingerprint density at radius 3 is 2.81 bits per heavy atom. The molecule has 3 aromatic heterocycles. The number of anilines is 1. The summed E-state index contributed by atoms with van der Waals surface area (Å²) in [6.07, 6.45) is 1.56. The standard InChI is InChI=1S/C18H12Cl2N4O2S/c19-9-3-4-11(13(20)6-9)15-12-7-14(27-17(12)24-18(21)23-15)16(25)22-8-10-2-1-5-26-10/h1-7H,8H2,(H,22,25)(H2,21,23,24). The molecule has 9 heteroatoms. The minimum Gasteiger partial charge on any atom is -0.467 e. The molecular formula is C18H12Cl2N4O2S. The molecule has 0 unspecified atom stereocenters. The number of carbonyl (C=O) groups is 1. The van der Waals surface area contributed by atoms with Crippen LogP contribution >= 0.6 is 34.5 Å². The maximum absolute atomic E-state index is 12.5. The molecule has 0 fully saturated rings. The predicted molar refractivity (Wildman–Crippen MR) is 107 cm³/mol. The largest absolute Gasteiger partial charge is 0.467 e. The average Bonchev–Trinajstić information content (AvgIpc) is 3.28. The van der Waals surface area contributed by atoms with Gasteiger partial charge in [-0.1, -0.05) is 23.2 Å². The van der Waals surface area contributed by atoms with Gasteiger partial charge in [0.25, 0.3) is 5.91 Å². The van der Waals surface area contributed by atoms with E-state index in [1.807, 2.05) is 0 Å². The number of nitrogens with zero attached hydrogens (tertiary/aromatic N) is 2. The van der Waals surface area contributed by atoms with Crippen LogP contribution in [0.15, 0.2) is 47.1 Å². The van der Waals surface area contributed by atoms with Gasteiger partial charge in [0, 0.05) is 16.0 Å². The van der Waals surface area contributed by atoms with E-state index in [4.69, 9.17) is 33.4 Å². The summed E-state index contributed by atoms with van der Waals surface area (Å²) < 4.78 is 5.22. The lowest BCUT2D eigenvalue weighted by Crippen LogP contribution is -2.21. The number of furan rings is 1. The van der Waals surface area contributed by atoms with Gasteiger partial charge < -0.3 is 15.5 Å². The van der Waals surface area contributed by atoms with Crippen molar-refractivity contribution in [2.24, 2.45) is 0 Å². The van der Waals surface area contributed by atoms with Crippen molar-refractivity contribution >= 4 is 56.6 Å². The molecule has 136 valence electrons. The minimum atomic E-state index is -0.235. The summed E-state index contributed by atoms with van der Waals surface area (Å²) >= 11 is 13.5. The Morgan fingerprint density at radius 2 is 2.07 bits per heavy atom. The number of fused-ring (bicyclic) bond motifs is 1. The number of benzene rings is 1. The molecule has 3 N–H and O–H groups in total. The maximum atomic E-state index is 12.5. The lowest BCUT2D eigenvalue weighted by molar-refractivity contribution is 0.0952. The predicted octanol–water partition coefficient (Wildman–Crippen LogP) is 4.77. The second-order valence-corrected chi connectivity index (χ2v) is 7.52. The molecule has 1 amide bonds. The van der Waals surface area contributed by atoms with Crippen molar-refractivity contribution in [3.63, 3.8) is 0 Å². The van der Waals surface area contributed by atoms with E-state index in [9.17, 15) is 4.79 Å². The molecule has 4 rings (SSSR count). The van der Waals surface area contributed by atoms with Gasteiger partial charge in [0.1, 0.15) is 10.6 Å². The first-order chi connectivity index (χ1) is 13.0. The van der Waals surface area contributed by atoms with Gasteiger partial charge in [0.2, 0.25) is 5.95 Å². The molecule has 0 saturated carbocycles. The van der Waals surface area contributed by atoms with Crippen molar-refractivity contribution in [2.45, 2.75) is 6.54 Å². The molecule has 4 aromatic rings. The number of hydrogen-bond donors (Lipinski definition) is 2. The summed E-state index contributed by atoms with van der Waals surface area (Å²) in [7, 11) is 0. The van der Waals surface area contributed by atoms with E-state index >= 15 is 0 Å². The number of nitrogens with two attached hydrogens (primary N) is 1. The Morgan fingerprint density at radius 1 is 1.22 bits per heavy atom. The third kappa shape index (κ3) is 3.62. The molecular weight excluding hydrogens is 407 g/mol. The van der Waals surface area contributed by atoms with Crippen LogP contribution in [-0.2, 0) is 6.54 Å². The van der Waals surface area contributed by atoms with Gasteiger partial charge >= 0.3 is 0 Å². The van der Waals surface area contributed by atoms with Crippen LogP contribution < -0.4 is 11.1 Å². The summed E-state index contributed by atoms with van der Waals surface area (Å²) in [5.41, 5.74) is 7.08. The zero-order valence-corrected chi connectivity index (χ0v) is 16.0. The van der Waals surface area contributed by atoms with E-state index in [1.54, 1.807) is 42.7 Å². The van der Waals surface area contributed by atoms with Gasteiger partial charge in [0.05, 0.1) is 28.4 Å². The molecule has 6 nitrogen and oxygen atoms in total. The van der Waals surface area contributed by atoms with Gasteiger partial charge in [-0.25, -0.2) is 9.97 Å². The first-order valence-corrected chi connectivity index (χ1v) is 9.41. The van der Waals surface area contributed by atoms with Crippen LogP contribution in [0.5, 0.6) is 0 Å². The Bertz CT molecular complexity index is 1140. The molecule has 0 bridgehead atoms. The van der Waals surface area contributed by atoms with Gasteiger partial charge in [-0.15, -0.1) is 11.3 Å². The van der Waals surface area contributed by atoms with Crippen LogP contribution in [0, 0.1) is 0 Å². The number of thiophene rings is 1. The van der Waals surface area contributed by atoms with Crippen molar-refractivity contribution in [1.29, 1.82) is 0 Å². The fourth-order valence-electron chi connectivity index (χ4n) is 2.60.